The fraction of sp³-hybridized carbons (Fsp3) is 0.412. The fourth-order valence-electron chi connectivity index (χ4n) is 3.17. The quantitative estimate of drug-likeness (QED) is 0.917. The molecule has 24 heavy (non-hydrogen) atoms. The largest absolute Gasteiger partial charge is 0.478 e. The summed E-state index contributed by atoms with van der Waals surface area (Å²) < 4.78 is 20.8. The Hall–Kier alpha value is -2.25. The first-order valence-corrected chi connectivity index (χ1v) is 7.85. The van der Waals surface area contributed by atoms with Crippen LogP contribution in [-0.4, -0.2) is 53.4 Å². The molecular formula is C17H19FN2O4. The molecule has 6 nitrogen and oxygen atoms in total. The molecule has 1 saturated heterocycles. The summed E-state index contributed by atoms with van der Waals surface area (Å²) in [5.74, 6) is -1.86. The van der Waals surface area contributed by atoms with Crippen LogP contribution in [-0.2, 0) is 11.3 Å². The minimum atomic E-state index is -1.16. The molecule has 7 heteroatoms. The first-order chi connectivity index (χ1) is 11.5. The summed E-state index contributed by atoms with van der Waals surface area (Å²) in [6.45, 7) is 5.30. The van der Waals surface area contributed by atoms with E-state index in [-0.39, 0.29) is 16.3 Å². The molecule has 2 heterocycles. The van der Waals surface area contributed by atoms with Gasteiger partial charge in [-0.05, 0) is 13.0 Å². The van der Waals surface area contributed by atoms with Gasteiger partial charge in [-0.25, -0.2) is 9.18 Å². The average molecular weight is 334 g/mol. The van der Waals surface area contributed by atoms with Gasteiger partial charge in [-0.15, -0.1) is 0 Å². The van der Waals surface area contributed by atoms with E-state index in [0.717, 1.165) is 13.1 Å². The Bertz CT molecular complexity index is 841. The Labute approximate surface area is 138 Å². The van der Waals surface area contributed by atoms with E-state index in [9.17, 15) is 19.1 Å². The van der Waals surface area contributed by atoms with Crippen LogP contribution < -0.4 is 5.56 Å². The number of aromatic carboxylic acids is 1. The predicted molar refractivity (Wildman–Crippen MR) is 87.1 cm³/mol. The van der Waals surface area contributed by atoms with Crippen molar-refractivity contribution in [1.82, 2.24) is 9.47 Å². The lowest BCUT2D eigenvalue weighted by molar-refractivity contribution is 0.0362. The van der Waals surface area contributed by atoms with E-state index in [1.165, 1.54) is 22.8 Å². The molecule has 0 aliphatic carbocycles. The van der Waals surface area contributed by atoms with Crippen LogP contribution in [0.5, 0.6) is 0 Å². The highest BCUT2D eigenvalue weighted by Crippen LogP contribution is 2.21. The zero-order valence-electron chi connectivity index (χ0n) is 13.4. The van der Waals surface area contributed by atoms with Crippen molar-refractivity contribution in [3.63, 3.8) is 0 Å². The van der Waals surface area contributed by atoms with Crippen LogP contribution in [0.25, 0.3) is 10.8 Å². The molecule has 0 saturated carbocycles. The van der Waals surface area contributed by atoms with Crippen LogP contribution in [0, 0.1) is 12.7 Å². The topological polar surface area (TPSA) is 71.8 Å². The SMILES string of the molecule is Cc1c(C(=O)O)c2cccc(F)c2c(=O)n1CCN1CCOCC1. The van der Waals surface area contributed by atoms with Crippen LogP contribution in [0.3, 0.4) is 0 Å². The number of carboxylic acids is 1. The number of aromatic nitrogens is 1. The number of morpholine rings is 1. The van der Waals surface area contributed by atoms with Crippen molar-refractivity contribution in [3.05, 3.63) is 45.6 Å². The standard InChI is InChI=1S/C17H19FN2O4/c1-11-14(17(22)23)12-3-2-4-13(18)15(12)16(21)20(11)6-5-19-7-9-24-10-8-19/h2-4H,5-10H2,1H3,(H,22,23). The molecule has 128 valence electrons. The van der Waals surface area contributed by atoms with Crippen LogP contribution in [0.15, 0.2) is 23.0 Å². The van der Waals surface area contributed by atoms with E-state index in [1.54, 1.807) is 6.92 Å². The van der Waals surface area contributed by atoms with Gasteiger partial charge in [0.1, 0.15) is 5.82 Å². The molecule has 1 aromatic heterocycles. The lowest BCUT2D eigenvalue weighted by Gasteiger charge is -2.27. The second kappa shape index (κ2) is 6.70. The van der Waals surface area contributed by atoms with E-state index >= 15 is 0 Å². The second-order valence-electron chi connectivity index (χ2n) is 5.84. The monoisotopic (exact) mass is 334 g/mol. The number of benzene rings is 1. The number of fused-ring (bicyclic) bond motifs is 1. The first kappa shape index (κ1) is 16.6. The van der Waals surface area contributed by atoms with E-state index in [1.807, 2.05) is 0 Å². The zero-order valence-corrected chi connectivity index (χ0v) is 13.4. The Morgan fingerprint density at radius 2 is 2.00 bits per heavy atom. The van der Waals surface area contributed by atoms with Gasteiger partial charge in [-0.3, -0.25) is 9.69 Å². The molecule has 2 aromatic rings. The Balaban J connectivity index is 2.08. The number of hydrogen-bond donors (Lipinski definition) is 1. The van der Waals surface area contributed by atoms with Gasteiger partial charge < -0.3 is 14.4 Å². The van der Waals surface area contributed by atoms with Gasteiger partial charge in [0.05, 0.1) is 24.2 Å². The van der Waals surface area contributed by atoms with Gasteiger partial charge in [-0.2, -0.15) is 0 Å². The highest BCUT2D eigenvalue weighted by molar-refractivity contribution is 6.04. The van der Waals surface area contributed by atoms with Crippen LogP contribution in [0.1, 0.15) is 16.1 Å². The van der Waals surface area contributed by atoms with Gasteiger partial charge in [0.15, 0.2) is 0 Å². The minimum absolute atomic E-state index is 0.0222. The molecule has 3 rings (SSSR count). The molecular weight excluding hydrogens is 315 g/mol. The summed E-state index contributed by atoms with van der Waals surface area (Å²) in [6.07, 6.45) is 0. The summed E-state index contributed by atoms with van der Waals surface area (Å²) in [6, 6.07) is 4.07. The molecule has 1 aromatic carbocycles. The number of carbonyl (C=O) groups is 1. The van der Waals surface area contributed by atoms with Crippen molar-refractivity contribution in [2.24, 2.45) is 0 Å². The minimum Gasteiger partial charge on any atom is -0.478 e. The summed E-state index contributed by atoms with van der Waals surface area (Å²) in [5, 5.41) is 9.50. The fourth-order valence-corrected chi connectivity index (χ4v) is 3.17. The normalized spacial score (nSPS) is 15.8. The lowest BCUT2D eigenvalue weighted by atomic mass is 10.0. The predicted octanol–water partition coefficient (Wildman–Crippen LogP) is 1.48. The maximum absolute atomic E-state index is 14.2. The van der Waals surface area contributed by atoms with E-state index < -0.39 is 17.3 Å². The molecule has 0 spiro atoms. The number of rotatable bonds is 4. The van der Waals surface area contributed by atoms with E-state index in [0.29, 0.717) is 32.0 Å². The number of ether oxygens (including phenoxy) is 1. The summed E-state index contributed by atoms with van der Waals surface area (Å²) in [4.78, 5) is 26.5. The first-order valence-electron chi connectivity index (χ1n) is 7.85. The molecule has 0 atom stereocenters. The van der Waals surface area contributed by atoms with E-state index in [2.05, 4.69) is 4.90 Å². The van der Waals surface area contributed by atoms with Crippen LogP contribution in [0.2, 0.25) is 0 Å². The second-order valence-corrected chi connectivity index (χ2v) is 5.84. The molecule has 0 unspecified atom stereocenters. The van der Waals surface area contributed by atoms with Crippen molar-refractivity contribution >= 4 is 16.7 Å². The van der Waals surface area contributed by atoms with Crippen molar-refractivity contribution in [3.8, 4) is 0 Å². The number of nitrogens with zero attached hydrogens (tertiary/aromatic N) is 2. The van der Waals surface area contributed by atoms with Crippen LogP contribution >= 0.6 is 0 Å². The van der Waals surface area contributed by atoms with Gasteiger partial charge in [-0.1, -0.05) is 12.1 Å². The number of carboxylic acid groups (broad SMARTS) is 1. The molecule has 1 aliphatic rings. The molecule has 0 amide bonds. The molecule has 1 fully saturated rings. The van der Waals surface area contributed by atoms with Crippen molar-refractivity contribution in [1.29, 1.82) is 0 Å². The maximum atomic E-state index is 14.2. The third-order valence-corrected chi connectivity index (χ3v) is 4.47. The lowest BCUT2D eigenvalue weighted by Crippen LogP contribution is -2.40. The van der Waals surface area contributed by atoms with Crippen molar-refractivity contribution in [2.45, 2.75) is 13.5 Å². The Morgan fingerprint density at radius 1 is 1.29 bits per heavy atom. The van der Waals surface area contributed by atoms with E-state index in [4.69, 9.17) is 4.74 Å². The molecule has 1 aliphatic heterocycles. The summed E-state index contributed by atoms with van der Waals surface area (Å²) >= 11 is 0. The highest BCUT2D eigenvalue weighted by Gasteiger charge is 2.21. The zero-order chi connectivity index (χ0) is 17.3. The highest BCUT2D eigenvalue weighted by atomic mass is 19.1. The van der Waals surface area contributed by atoms with Crippen LogP contribution in [0.4, 0.5) is 4.39 Å². The van der Waals surface area contributed by atoms with Crippen molar-refractivity contribution < 1.29 is 19.0 Å². The smallest absolute Gasteiger partial charge is 0.338 e. The van der Waals surface area contributed by atoms with Crippen molar-refractivity contribution in [2.75, 3.05) is 32.8 Å². The third kappa shape index (κ3) is 2.92. The molecule has 0 radical (unpaired) electrons. The van der Waals surface area contributed by atoms with Gasteiger partial charge >= 0.3 is 5.97 Å². The molecule has 0 bridgehead atoms. The maximum Gasteiger partial charge on any atom is 0.338 e. The summed E-state index contributed by atoms with van der Waals surface area (Å²) in [7, 11) is 0. The Kier molecular flexibility index (Phi) is 4.64. The van der Waals surface area contributed by atoms with Gasteiger partial charge in [0.25, 0.3) is 5.56 Å². The molecule has 1 N–H and O–H groups in total. The number of pyridine rings is 1. The average Bonchev–Trinajstić information content (AvgIpc) is 2.55. The number of hydrogen-bond acceptors (Lipinski definition) is 4. The Morgan fingerprint density at radius 3 is 2.67 bits per heavy atom. The van der Waals surface area contributed by atoms with Gasteiger partial charge in [0, 0.05) is 37.3 Å². The van der Waals surface area contributed by atoms with Gasteiger partial charge in [0.2, 0.25) is 0 Å². The number of halogens is 1. The third-order valence-electron chi connectivity index (χ3n) is 4.47. The summed E-state index contributed by atoms with van der Waals surface area (Å²) in [5.41, 5.74) is -0.163.